The van der Waals surface area contributed by atoms with Crippen molar-refractivity contribution in [2.45, 2.75) is 52.5 Å². The number of piperidine rings is 1. The van der Waals surface area contributed by atoms with Gasteiger partial charge in [-0.15, -0.1) is 0 Å². The van der Waals surface area contributed by atoms with Crippen molar-refractivity contribution in [1.82, 2.24) is 9.62 Å². The highest BCUT2D eigenvalue weighted by atomic mass is 32.2. The quantitative estimate of drug-likeness (QED) is 0.651. The van der Waals surface area contributed by atoms with Gasteiger partial charge in [0.25, 0.3) is 0 Å². The summed E-state index contributed by atoms with van der Waals surface area (Å²) in [6.45, 7) is 7.19. The lowest BCUT2D eigenvalue weighted by Crippen LogP contribution is -2.46. The first kappa shape index (κ1) is 21.7. The zero-order chi connectivity index (χ0) is 19.9. The first-order chi connectivity index (χ1) is 12.9. The Kier molecular flexibility index (Phi) is 8.10. The Morgan fingerprint density at radius 2 is 2.00 bits per heavy atom. The highest BCUT2D eigenvalue weighted by Crippen LogP contribution is 2.22. The number of hydrogen-bond acceptors (Lipinski definition) is 4. The van der Waals surface area contributed by atoms with E-state index in [1.54, 1.807) is 6.92 Å². The Hall–Kier alpha value is -1.60. The van der Waals surface area contributed by atoms with E-state index >= 15 is 0 Å². The van der Waals surface area contributed by atoms with Crippen LogP contribution in [0.5, 0.6) is 5.75 Å². The summed E-state index contributed by atoms with van der Waals surface area (Å²) in [5.74, 6) is 0.532. The van der Waals surface area contributed by atoms with Gasteiger partial charge >= 0.3 is 0 Å². The second kappa shape index (κ2) is 10.1. The van der Waals surface area contributed by atoms with Crippen molar-refractivity contribution in [2.24, 2.45) is 5.92 Å². The number of benzene rings is 1. The minimum atomic E-state index is -3.24. The van der Waals surface area contributed by atoms with Gasteiger partial charge in [0.1, 0.15) is 5.75 Å². The smallest absolute Gasteiger partial charge is 0.224 e. The Morgan fingerprint density at radius 3 is 2.63 bits per heavy atom. The maximum atomic E-state index is 12.6. The van der Waals surface area contributed by atoms with Gasteiger partial charge in [0.15, 0.2) is 0 Å². The minimum Gasteiger partial charge on any atom is -0.494 e. The summed E-state index contributed by atoms with van der Waals surface area (Å²) in [5.41, 5.74) is 1.00. The maximum Gasteiger partial charge on any atom is 0.224 e. The monoisotopic (exact) mass is 396 g/mol. The zero-order valence-electron chi connectivity index (χ0n) is 16.6. The molecule has 27 heavy (non-hydrogen) atoms. The van der Waals surface area contributed by atoms with Gasteiger partial charge in [0.05, 0.1) is 24.3 Å². The fourth-order valence-electron chi connectivity index (χ4n) is 3.19. The number of rotatable bonds is 9. The van der Waals surface area contributed by atoms with E-state index in [9.17, 15) is 13.2 Å². The van der Waals surface area contributed by atoms with E-state index in [1.807, 2.05) is 31.2 Å². The summed E-state index contributed by atoms with van der Waals surface area (Å²) in [5, 5.41) is 3.03. The van der Waals surface area contributed by atoms with Gasteiger partial charge in [-0.3, -0.25) is 4.79 Å². The van der Waals surface area contributed by atoms with Gasteiger partial charge in [-0.05, 0) is 50.8 Å². The molecule has 0 unspecified atom stereocenters. The third-order valence-corrected chi connectivity index (χ3v) is 6.87. The predicted molar refractivity (Wildman–Crippen MR) is 107 cm³/mol. The van der Waals surface area contributed by atoms with Crippen molar-refractivity contribution in [2.75, 3.05) is 25.4 Å². The number of ether oxygens (including phenoxy) is 1. The molecule has 1 aromatic rings. The van der Waals surface area contributed by atoms with Crippen LogP contribution in [0.2, 0.25) is 0 Å². The van der Waals surface area contributed by atoms with E-state index in [-0.39, 0.29) is 30.2 Å². The minimum absolute atomic E-state index is 0.0738. The molecular weight excluding hydrogens is 364 g/mol. The molecule has 2 atom stereocenters. The first-order valence-corrected chi connectivity index (χ1v) is 11.5. The molecule has 152 valence electrons. The molecule has 1 heterocycles. The molecule has 7 heteroatoms. The topological polar surface area (TPSA) is 75.7 Å². The highest BCUT2D eigenvalue weighted by Gasteiger charge is 2.31. The van der Waals surface area contributed by atoms with Crippen LogP contribution in [0.15, 0.2) is 24.3 Å². The Labute approximate surface area is 163 Å². The molecular formula is C20H32N2O4S. The third-order valence-electron chi connectivity index (χ3n) is 5.02. The number of carbonyl (C=O) groups excluding carboxylic acids is 1. The first-order valence-electron chi connectivity index (χ1n) is 9.88. The van der Waals surface area contributed by atoms with Crippen molar-refractivity contribution >= 4 is 15.9 Å². The Bertz CT molecular complexity index is 703. The third kappa shape index (κ3) is 6.21. The van der Waals surface area contributed by atoms with Crippen LogP contribution in [-0.4, -0.2) is 44.1 Å². The molecule has 1 fully saturated rings. The van der Waals surface area contributed by atoms with Crippen LogP contribution >= 0.6 is 0 Å². The van der Waals surface area contributed by atoms with Crippen LogP contribution < -0.4 is 10.1 Å². The number of carbonyl (C=O) groups is 1. The zero-order valence-corrected chi connectivity index (χ0v) is 17.4. The Morgan fingerprint density at radius 1 is 1.30 bits per heavy atom. The van der Waals surface area contributed by atoms with Crippen LogP contribution in [0, 0.1) is 5.92 Å². The summed E-state index contributed by atoms with van der Waals surface area (Å²) in [7, 11) is -3.24. The number of sulfonamides is 1. The Balaban J connectivity index is 1.91. The molecule has 1 aromatic carbocycles. The van der Waals surface area contributed by atoms with E-state index < -0.39 is 10.0 Å². The van der Waals surface area contributed by atoms with Crippen molar-refractivity contribution in [3.8, 4) is 5.75 Å². The number of nitrogens with zero attached hydrogens (tertiary/aromatic N) is 1. The number of unbranched alkanes of at least 4 members (excludes halogenated alkanes) is 1. The molecule has 6 nitrogen and oxygen atoms in total. The van der Waals surface area contributed by atoms with Gasteiger partial charge in [0, 0.05) is 13.1 Å². The molecule has 1 amide bonds. The maximum absolute atomic E-state index is 12.6. The summed E-state index contributed by atoms with van der Waals surface area (Å²) in [6, 6.07) is 7.62. The largest absolute Gasteiger partial charge is 0.494 e. The second-order valence-corrected chi connectivity index (χ2v) is 9.36. The summed E-state index contributed by atoms with van der Waals surface area (Å²) >= 11 is 0. The van der Waals surface area contributed by atoms with Crippen LogP contribution in [0.3, 0.4) is 0 Å². The summed E-state index contributed by atoms with van der Waals surface area (Å²) in [6.07, 6.45) is 3.56. The molecule has 0 radical (unpaired) electrons. The molecule has 1 aliphatic heterocycles. The van der Waals surface area contributed by atoms with Gasteiger partial charge < -0.3 is 10.1 Å². The number of amides is 1. The van der Waals surface area contributed by atoms with E-state index in [1.165, 1.54) is 4.31 Å². The molecule has 0 spiro atoms. The van der Waals surface area contributed by atoms with Crippen LogP contribution in [0.4, 0.5) is 0 Å². The van der Waals surface area contributed by atoms with Crippen molar-refractivity contribution in [1.29, 1.82) is 0 Å². The average Bonchev–Trinajstić information content (AvgIpc) is 2.68. The van der Waals surface area contributed by atoms with Gasteiger partial charge in [-0.2, -0.15) is 0 Å². The number of hydrogen-bond donors (Lipinski definition) is 1. The lowest BCUT2D eigenvalue weighted by Gasteiger charge is -2.31. The predicted octanol–water partition coefficient (Wildman–Crippen LogP) is 3.10. The fraction of sp³-hybridized carbons (Fsp3) is 0.650. The standard InChI is InChI=1S/C20H32N2O4S/c1-4-6-14-26-19-11-9-17(10-12-19)16(3)21-20(23)18-8-7-13-22(15-18)27(24,25)5-2/h9-12,16,18H,4-8,13-15H2,1-3H3,(H,21,23)/t16-,18-/m0/s1. The molecule has 0 saturated carbocycles. The highest BCUT2D eigenvalue weighted by molar-refractivity contribution is 7.89. The average molecular weight is 397 g/mol. The summed E-state index contributed by atoms with van der Waals surface area (Å²) < 4.78 is 31.3. The molecule has 1 saturated heterocycles. The van der Waals surface area contributed by atoms with Crippen LogP contribution in [0.1, 0.15) is 58.1 Å². The normalized spacial score (nSPS) is 19.4. The van der Waals surface area contributed by atoms with Gasteiger partial charge in [-0.1, -0.05) is 25.5 Å². The number of nitrogens with one attached hydrogen (secondary N) is 1. The van der Waals surface area contributed by atoms with E-state index in [2.05, 4.69) is 12.2 Å². The van der Waals surface area contributed by atoms with Crippen molar-refractivity contribution < 1.29 is 17.9 Å². The molecule has 1 N–H and O–H groups in total. The van der Waals surface area contributed by atoms with Crippen molar-refractivity contribution in [3.05, 3.63) is 29.8 Å². The molecule has 0 aliphatic carbocycles. The fourth-order valence-corrected chi connectivity index (χ4v) is 4.37. The molecule has 0 bridgehead atoms. The lowest BCUT2D eigenvalue weighted by molar-refractivity contribution is -0.126. The van der Waals surface area contributed by atoms with E-state index in [0.717, 1.165) is 37.0 Å². The van der Waals surface area contributed by atoms with Crippen molar-refractivity contribution in [3.63, 3.8) is 0 Å². The molecule has 0 aromatic heterocycles. The van der Waals surface area contributed by atoms with E-state index in [4.69, 9.17) is 4.74 Å². The lowest BCUT2D eigenvalue weighted by atomic mass is 9.98. The van der Waals surface area contributed by atoms with E-state index in [0.29, 0.717) is 13.2 Å². The SMILES string of the molecule is CCCCOc1ccc([C@H](C)NC(=O)[C@H]2CCCN(S(=O)(=O)CC)C2)cc1. The molecule has 1 aliphatic rings. The second-order valence-electron chi connectivity index (χ2n) is 7.10. The summed E-state index contributed by atoms with van der Waals surface area (Å²) in [4.78, 5) is 12.6. The van der Waals surface area contributed by atoms with Crippen LogP contribution in [-0.2, 0) is 14.8 Å². The van der Waals surface area contributed by atoms with Crippen LogP contribution in [0.25, 0.3) is 0 Å². The molecule has 2 rings (SSSR count). The van der Waals surface area contributed by atoms with Gasteiger partial charge in [0.2, 0.25) is 15.9 Å². The van der Waals surface area contributed by atoms with Gasteiger partial charge in [-0.25, -0.2) is 12.7 Å².